The van der Waals surface area contributed by atoms with Gasteiger partial charge in [-0.2, -0.15) is 0 Å². The predicted molar refractivity (Wildman–Crippen MR) is 79.8 cm³/mol. The molecule has 0 aliphatic carbocycles. The van der Waals surface area contributed by atoms with Crippen molar-refractivity contribution in [3.8, 4) is 0 Å². The van der Waals surface area contributed by atoms with Gasteiger partial charge in [-0.25, -0.2) is 0 Å². The molecular weight excluding hydrogens is 335 g/mol. The van der Waals surface area contributed by atoms with Crippen molar-refractivity contribution in [2.45, 2.75) is 62.2 Å². The molecule has 0 bridgehead atoms. The Balaban J connectivity index is 4.32. The summed E-state index contributed by atoms with van der Waals surface area (Å²) in [4.78, 5) is 2.58. The summed E-state index contributed by atoms with van der Waals surface area (Å²) in [6.45, 7) is 14.0. The summed E-state index contributed by atoms with van der Waals surface area (Å²) in [6.07, 6.45) is 0. The first-order valence-corrected chi connectivity index (χ1v) is 21.3. The predicted octanol–water partition coefficient (Wildman–Crippen LogP) is 4.98. The first-order valence-electron chi connectivity index (χ1n) is 5.28. The van der Waals surface area contributed by atoms with Gasteiger partial charge in [-0.1, -0.05) is 0 Å². The van der Waals surface area contributed by atoms with Crippen LogP contribution in [-0.2, 0) is 0 Å². The van der Waals surface area contributed by atoms with E-state index in [0.29, 0.717) is 0 Å². The van der Waals surface area contributed by atoms with Crippen molar-refractivity contribution in [2.75, 3.05) is 0 Å². The Morgan fingerprint density at radius 1 is 0.643 bits per heavy atom. The molecule has 0 rings (SSSR count). The van der Waals surface area contributed by atoms with Gasteiger partial charge in [-0.15, -0.1) is 0 Å². The van der Waals surface area contributed by atoms with Crippen molar-refractivity contribution >= 4 is 41.1 Å². The van der Waals surface area contributed by atoms with Crippen LogP contribution in [0.1, 0.15) is 41.5 Å². The molecule has 0 aromatic carbocycles. The Labute approximate surface area is 102 Å². The van der Waals surface area contributed by atoms with Crippen LogP contribution in [-0.4, -0.2) is 30.0 Å². The molecule has 0 unspecified atom stereocenters. The van der Waals surface area contributed by atoms with Gasteiger partial charge in [0, 0.05) is 0 Å². The van der Waals surface area contributed by atoms with E-state index >= 15 is 0 Å². The molecule has 4 heteroatoms. The summed E-state index contributed by atoms with van der Waals surface area (Å²) in [6, 6.07) is 0. The Kier molecular flexibility index (Phi) is 8.18. The molecular formula is C10H24S3Sn. The molecule has 0 heterocycles. The van der Waals surface area contributed by atoms with Gasteiger partial charge in [0.05, 0.1) is 0 Å². The molecule has 0 aromatic heterocycles. The van der Waals surface area contributed by atoms with Gasteiger partial charge in [-0.05, 0) is 0 Å². The monoisotopic (exact) mass is 360 g/mol. The molecule has 0 fully saturated rings. The molecule has 86 valence electrons. The van der Waals surface area contributed by atoms with Gasteiger partial charge >= 0.3 is 103 Å². The van der Waals surface area contributed by atoms with Crippen LogP contribution in [0.15, 0.2) is 0 Å². The molecule has 0 atom stereocenters. The molecule has 0 amide bonds. The van der Waals surface area contributed by atoms with Crippen LogP contribution < -0.4 is 0 Å². The van der Waals surface area contributed by atoms with Crippen LogP contribution in [0.5, 0.6) is 0 Å². The molecule has 0 nitrogen and oxygen atoms in total. The maximum atomic E-state index is 2.58. The van der Waals surface area contributed by atoms with E-state index in [1.54, 1.807) is 0 Å². The normalized spacial score (nSPS) is 13.3. The summed E-state index contributed by atoms with van der Waals surface area (Å²) in [5.41, 5.74) is 0. The van der Waals surface area contributed by atoms with E-state index in [2.05, 4.69) is 73.3 Å². The van der Waals surface area contributed by atoms with E-state index in [4.69, 9.17) is 0 Å². The van der Waals surface area contributed by atoms with Crippen molar-refractivity contribution in [3.05, 3.63) is 0 Å². The first-order chi connectivity index (χ1) is 6.25. The molecule has 0 N–H and O–H groups in total. The molecule has 14 heavy (non-hydrogen) atoms. The van der Waals surface area contributed by atoms with Gasteiger partial charge in [0.15, 0.2) is 0 Å². The fraction of sp³-hybridized carbons (Fsp3) is 1.00. The van der Waals surface area contributed by atoms with Crippen molar-refractivity contribution in [1.82, 2.24) is 0 Å². The Morgan fingerprint density at radius 3 is 1.00 bits per heavy atom. The summed E-state index contributed by atoms with van der Waals surface area (Å²) in [5.74, 6) is 0. The van der Waals surface area contributed by atoms with E-state index < -0.39 is 14.2 Å². The molecule has 0 spiro atoms. The van der Waals surface area contributed by atoms with Crippen molar-refractivity contribution < 1.29 is 0 Å². The minimum absolute atomic E-state index is 0.799. The zero-order valence-electron chi connectivity index (χ0n) is 10.5. The van der Waals surface area contributed by atoms with E-state index in [1.807, 2.05) is 0 Å². The van der Waals surface area contributed by atoms with Crippen LogP contribution in [0.2, 0.25) is 4.94 Å². The van der Waals surface area contributed by atoms with Gasteiger partial charge in [0.1, 0.15) is 0 Å². The summed E-state index contributed by atoms with van der Waals surface area (Å²) in [7, 11) is 6.88. The van der Waals surface area contributed by atoms with E-state index in [1.165, 1.54) is 0 Å². The third-order valence-electron chi connectivity index (χ3n) is 1.35. The van der Waals surface area contributed by atoms with Gasteiger partial charge in [-0.3, -0.25) is 0 Å². The van der Waals surface area contributed by atoms with Crippen LogP contribution in [0.4, 0.5) is 0 Å². The second-order valence-electron chi connectivity index (χ2n) is 4.36. The third kappa shape index (κ3) is 8.05. The van der Waals surface area contributed by atoms with E-state index in [0.717, 1.165) is 15.7 Å². The average Bonchev–Trinajstić information content (AvgIpc) is 1.76. The second-order valence-corrected chi connectivity index (χ2v) is 40.5. The molecule has 0 radical (unpaired) electrons. The van der Waals surface area contributed by atoms with E-state index in [-0.39, 0.29) is 0 Å². The Bertz CT molecular complexity index is 131. The zero-order valence-corrected chi connectivity index (χ0v) is 15.8. The molecule has 0 saturated carbocycles. The fourth-order valence-electron chi connectivity index (χ4n) is 1.37. The summed E-state index contributed by atoms with van der Waals surface area (Å²) < 4.78 is 0. The first kappa shape index (κ1) is 15.8. The SMILES string of the molecule is CC(C)[S][Sn]([CH3])([S]C(C)C)[S]C(C)C. The van der Waals surface area contributed by atoms with Crippen LogP contribution in [0.3, 0.4) is 0 Å². The molecule has 0 aliphatic rings. The quantitative estimate of drug-likeness (QED) is 0.614. The standard InChI is InChI=1S/3C3H8S.CH3.Sn/c3*1-3(2)4;;/h3*3-4H,1-2H3;1H3;/q;;;;+3/p-3. The number of hydrogen-bond acceptors (Lipinski definition) is 3. The van der Waals surface area contributed by atoms with Gasteiger partial charge in [0.25, 0.3) is 0 Å². The Morgan fingerprint density at radius 2 is 0.857 bits per heavy atom. The van der Waals surface area contributed by atoms with Crippen molar-refractivity contribution in [1.29, 1.82) is 0 Å². The summed E-state index contributed by atoms with van der Waals surface area (Å²) in [5, 5.41) is 2.40. The maximum absolute atomic E-state index is 2.58. The third-order valence-corrected chi connectivity index (χ3v) is 38.8. The minimum atomic E-state index is -1.96. The van der Waals surface area contributed by atoms with Crippen LogP contribution in [0, 0.1) is 0 Å². The molecule has 0 aliphatic heterocycles. The van der Waals surface area contributed by atoms with Crippen LogP contribution >= 0.6 is 26.8 Å². The molecule has 0 aromatic rings. The zero-order chi connectivity index (χ0) is 11.4. The van der Waals surface area contributed by atoms with Gasteiger partial charge < -0.3 is 0 Å². The Hall–Kier alpha value is 1.85. The van der Waals surface area contributed by atoms with Crippen molar-refractivity contribution in [3.63, 3.8) is 0 Å². The topological polar surface area (TPSA) is 0 Å². The summed E-state index contributed by atoms with van der Waals surface area (Å²) >= 11 is -1.96. The number of rotatable bonds is 6. The fourth-order valence-corrected chi connectivity index (χ4v) is 54.1. The number of hydrogen-bond donors (Lipinski definition) is 0. The van der Waals surface area contributed by atoms with Crippen LogP contribution in [0.25, 0.3) is 0 Å². The van der Waals surface area contributed by atoms with Crippen molar-refractivity contribution in [2.24, 2.45) is 0 Å². The molecule has 0 saturated heterocycles. The van der Waals surface area contributed by atoms with Gasteiger partial charge in [0.2, 0.25) is 0 Å². The van der Waals surface area contributed by atoms with E-state index in [9.17, 15) is 0 Å². The average molecular weight is 359 g/mol. The second kappa shape index (κ2) is 7.23.